The fourth-order valence-electron chi connectivity index (χ4n) is 4.73. The van der Waals surface area contributed by atoms with Crippen LogP contribution in [0.2, 0.25) is 0 Å². The molecule has 8 heteroatoms. The first-order valence-corrected chi connectivity index (χ1v) is 14.3. The third-order valence-electron chi connectivity index (χ3n) is 7.20. The molecule has 0 spiro atoms. The zero-order chi connectivity index (χ0) is 29.5. The van der Waals surface area contributed by atoms with Crippen LogP contribution in [0.5, 0.6) is 0 Å². The average molecular weight is 556 g/mol. The molecule has 0 bridgehead atoms. The van der Waals surface area contributed by atoms with E-state index in [9.17, 15) is 19.2 Å². The summed E-state index contributed by atoms with van der Waals surface area (Å²) in [6.45, 7) is 5.52. The molecule has 0 saturated heterocycles. The number of amides is 1. The first kappa shape index (κ1) is 32.8. The van der Waals surface area contributed by atoms with Crippen molar-refractivity contribution in [2.45, 2.75) is 91.0 Å². The van der Waals surface area contributed by atoms with Gasteiger partial charge < -0.3 is 19.5 Å². The maximum absolute atomic E-state index is 12.7. The molecule has 0 fully saturated rings. The second kappa shape index (κ2) is 17.3. The van der Waals surface area contributed by atoms with Crippen LogP contribution < -0.4 is 5.32 Å². The predicted octanol–water partition coefficient (Wildman–Crippen LogP) is 5.40. The third-order valence-corrected chi connectivity index (χ3v) is 7.20. The van der Waals surface area contributed by atoms with Crippen LogP contribution in [-0.2, 0) is 39.8 Å². The van der Waals surface area contributed by atoms with Gasteiger partial charge in [-0.3, -0.25) is 14.4 Å². The lowest BCUT2D eigenvalue weighted by atomic mass is 9.89. The number of esters is 1. The minimum absolute atomic E-state index is 0.00794. The number of ether oxygens (including phenoxy) is 3. The van der Waals surface area contributed by atoms with E-state index in [4.69, 9.17) is 14.2 Å². The van der Waals surface area contributed by atoms with Gasteiger partial charge in [-0.25, -0.2) is 4.79 Å². The lowest BCUT2D eigenvalue weighted by Crippen LogP contribution is -2.42. The predicted molar refractivity (Wildman–Crippen MR) is 153 cm³/mol. The molecule has 1 aliphatic rings. The molecule has 2 atom stereocenters. The van der Waals surface area contributed by atoms with Gasteiger partial charge in [0.25, 0.3) is 0 Å². The van der Waals surface area contributed by atoms with E-state index in [2.05, 4.69) is 5.32 Å². The van der Waals surface area contributed by atoms with E-state index in [0.29, 0.717) is 30.6 Å². The summed E-state index contributed by atoms with van der Waals surface area (Å²) in [5.41, 5.74) is 2.05. The van der Waals surface area contributed by atoms with Gasteiger partial charge in [0.2, 0.25) is 29.0 Å². The summed E-state index contributed by atoms with van der Waals surface area (Å²) in [4.78, 5) is 49.8. The molecule has 0 saturated carbocycles. The van der Waals surface area contributed by atoms with Crippen molar-refractivity contribution in [1.82, 2.24) is 5.32 Å². The van der Waals surface area contributed by atoms with Crippen LogP contribution >= 0.6 is 0 Å². The number of unbranched alkanes of at least 4 members (excludes halogenated alkanes) is 7. The highest BCUT2D eigenvalue weighted by Crippen LogP contribution is 2.28. The highest BCUT2D eigenvalue weighted by Gasteiger charge is 2.34. The van der Waals surface area contributed by atoms with Crippen molar-refractivity contribution in [3.8, 4) is 0 Å². The lowest BCUT2D eigenvalue weighted by Gasteiger charge is -2.20. The van der Waals surface area contributed by atoms with Crippen LogP contribution in [0.4, 0.5) is 0 Å². The Hall–Kier alpha value is -3.42. The molecule has 1 amide bonds. The highest BCUT2D eigenvalue weighted by atomic mass is 16.5. The third kappa shape index (κ3) is 9.96. The molecule has 0 unspecified atom stereocenters. The summed E-state index contributed by atoms with van der Waals surface area (Å²) >= 11 is 0. The van der Waals surface area contributed by atoms with E-state index < -0.39 is 12.0 Å². The van der Waals surface area contributed by atoms with Gasteiger partial charge in [0.1, 0.15) is 6.04 Å². The number of carbonyl (C=O) groups is 4. The minimum Gasteiger partial charge on any atom is -0.489 e. The molecule has 8 nitrogen and oxygen atoms in total. The van der Waals surface area contributed by atoms with Crippen molar-refractivity contribution >= 4 is 23.4 Å². The standard InChI is InChI=1S/C32H45NO7/c1-22(21-25-17-13-12-14-18-25)31(36)33-24(3)32(37)40-20-16-11-9-7-6-8-10-15-19-26-23(2)27(34)29(38-4)30(39-5)28(26)35/h12-14,17-18,22,24H,6-11,15-16,19-21H2,1-5H3,(H,33,36)/t22-,24-/m0/s1. The molecular weight excluding hydrogens is 510 g/mol. The van der Waals surface area contributed by atoms with Gasteiger partial charge in [-0.1, -0.05) is 75.8 Å². The molecule has 0 radical (unpaired) electrons. The molecule has 0 aromatic heterocycles. The van der Waals surface area contributed by atoms with Gasteiger partial charge in [-0.15, -0.1) is 0 Å². The maximum atomic E-state index is 12.7. The summed E-state index contributed by atoms with van der Waals surface area (Å²) in [6.07, 6.45) is 9.04. The van der Waals surface area contributed by atoms with Crippen molar-refractivity contribution in [3.05, 3.63) is 58.6 Å². The van der Waals surface area contributed by atoms with E-state index in [1.807, 2.05) is 37.3 Å². The van der Waals surface area contributed by atoms with Gasteiger partial charge in [-0.2, -0.15) is 0 Å². The van der Waals surface area contributed by atoms with Crippen LogP contribution in [0.3, 0.4) is 0 Å². The molecule has 1 aromatic carbocycles. The Morgan fingerprint density at radius 3 is 1.95 bits per heavy atom. The van der Waals surface area contributed by atoms with Crippen LogP contribution in [0, 0.1) is 5.92 Å². The Bertz CT molecular complexity index is 1070. The quantitative estimate of drug-likeness (QED) is 0.147. The van der Waals surface area contributed by atoms with Crippen molar-refractivity contribution < 1.29 is 33.4 Å². The largest absolute Gasteiger partial charge is 0.489 e. The maximum Gasteiger partial charge on any atom is 0.328 e. The number of methoxy groups -OCH3 is 2. The van der Waals surface area contributed by atoms with Crippen molar-refractivity contribution in [3.63, 3.8) is 0 Å². The Kier molecular flexibility index (Phi) is 14.2. The summed E-state index contributed by atoms with van der Waals surface area (Å²) in [5.74, 6) is -1.37. The molecule has 1 aromatic rings. The molecule has 40 heavy (non-hydrogen) atoms. The van der Waals surface area contributed by atoms with Crippen LogP contribution in [0.25, 0.3) is 0 Å². The van der Waals surface area contributed by atoms with E-state index in [-0.39, 0.29) is 34.9 Å². The van der Waals surface area contributed by atoms with E-state index >= 15 is 0 Å². The molecule has 1 N–H and O–H groups in total. The van der Waals surface area contributed by atoms with Crippen LogP contribution in [0.1, 0.15) is 84.1 Å². The van der Waals surface area contributed by atoms with Crippen molar-refractivity contribution in [1.29, 1.82) is 0 Å². The van der Waals surface area contributed by atoms with E-state index in [0.717, 1.165) is 56.9 Å². The smallest absolute Gasteiger partial charge is 0.328 e. The number of rotatable bonds is 18. The molecular formula is C32H45NO7. The number of Topliss-reactive ketones (excluding diaryl/α,β-unsaturated/α-hetero) is 2. The van der Waals surface area contributed by atoms with E-state index in [1.165, 1.54) is 14.2 Å². The SMILES string of the molecule is COC1=C(OC)C(=O)C(CCCCCCCCCCOC(=O)[C@H](C)NC(=O)[C@@H](C)Cc2ccccc2)=C(C)C1=O. The number of allylic oxidation sites excluding steroid dienone is 2. The number of carbonyl (C=O) groups excluding carboxylic acids is 4. The fraction of sp³-hybridized carbons (Fsp3) is 0.562. The Labute approximate surface area is 238 Å². The highest BCUT2D eigenvalue weighted by molar-refractivity contribution is 6.23. The van der Waals surface area contributed by atoms with Crippen molar-refractivity contribution in [2.75, 3.05) is 20.8 Å². The van der Waals surface area contributed by atoms with Gasteiger partial charge in [0, 0.05) is 17.1 Å². The summed E-state index contributed by atoms with van der Waals surface area (Å²) in [6, 6.07) is 9.13. The Morgan fingerprint density at radius 2 is 1.35 bits per heavy atom. The van der Waals surface area contributed by atoms with Crippen LogP contribution in [-0.4, -0.2) is 50.3 Å². The molecule has 220 valence electrons. The summed E-state index contributed by atoms with van der Waals surface area (Å²) in [5, 5.41) is 2.76. The van der Waals surface area contributed by atoms with Gasteiger partial charge in [-0.05, 0) is 45.1 Å². The monoisotopic (exact) mass is 555 g/mol. The van der Waals surface area contributed by atoms with Gasteiger partial charge in [0.15, 0.2) is 0 Å². The second-order valence-corrected chi connectivity index (χ2v) is 10.4. The van der Waals surface area contributed by atoms with Gasteiger partial charge in [0.05, 0.1) is 20.8 Å². The fourth-order valence-corrected chi connectivity index (χ4v) is 4.73. The van der Waals surface area contributed by atoms with Gasteiger partial charge >= 0.3 is 5.97 Å². The number of hydrogen-bond donors (Lipinski definition) is 1. The number of benzene rings is 1. The zero-order valence-corrected chi connectivity index (χ0v) is 24.7. The second-order valence-electron chi connectivity index (χ2n) is 10.4. The Morgan fingerprint density at radius 1 is 0.800 bits per heavy atom. The molecule has 2 rings (SSSR count). The topological polar surface area (TPSA) is 108 Å². The average Bonchev–Trinajstić information content (AvgIpc) is 2.95. The first-order valence-electron chi connectivity index (χ1n) is 14.3. The minimum atomic E-state index is -0.675. The summed E-state index contributed by atoms with van der Waals surface area (Å²) in [7, 11) is 2.74. The first-order chi connectivity index (χ1) is 19.2. The zero-order valence-electron chi connectivity index (χ0n) is 24.7. The lowest BCUT2D eigenvalue weighted by molar-refractivity contribution is -0.147. The van der Waals surface area contributed by atoms with Crippen LogP contribution in [0.15, 0.2) is 53.0 Å². The number of ketones is 2. The Balaban J connectivity index is 1.52. The van der Waals surface area contributed by atoms with E-state index in [1.54, 1.807) is 13.8 Å². The molecule has 1 aliphatic carbocycles. The molecule has 0 heterocycles. The summed E-state index contributed by atoms with van der Waals surface area (Å²) < 4.78 is 15.5. The normalized spacial score (nSPS) is 15.1. The number of nitrogens with one attached hydrogen (secondary N) is 1. The van der Waals surface area contributed by atoms with Crippen molar-refractivity contribution in [2.24, 2.45) is 5.92 Å². The number of hydrogen-bond acceptors (Lipinski definition) is 7. The molecule has 0 aliphatic heterocycles.